The number of nitrogens with zero attached hydrogens (tertiary/aromatic N) is 1. The van der Waals surface area contributed by atoms with Crippen LogP contribution in [0.25, 0.3) is 11.1 Å². The van der Waals surface area contributed by atoms with Gasteiger partial charge in [-0.1, -0.05) is 17.3 Å². The fraction of sp³-hybridized carbons (Fsp3) is 0.429. The van der Waals surface area contributed by atoms with E-state index in [-0.39, 0.29) is 18.7 Å². The maximum Gasteiger partial charge on any atom is 0.573 e. The Kier molecular flexibility index (Phi) is 9.11. The van der Waals surface area contributed by atoms with E-state index >= 15 is 0 Å². The second-order valence-corrected chi connectivity index (χ2v) is 9.59. The number of carbonyl (C=O) groups is 1. The highest BCUT2D eigenvalue weighted by atomic mass is 19.4. The van der Waals surface area contributed by atoms with Crippen LogP contribution in [0.5, 0.6) is 5.75 Å². The zero-order chi connectivity index (χ0) is 28.0. The molecule has 4 rings (SSSR count). The number of nitrogens with one attached hydrogen (secondary N) is 2. The number of aromatic nitrogens is 1. The lowest BCUT2D eigenvalue weighted by molar-refractivity contribution is -0.275. The highest BCUT2D eigenvalue weighted by Crippen LogP contribution is 2.33. The van der Waals surface area contributed by atoms with Crippen molar-refractivity contribution in [3.63, 3.8) is 0 Å². The van der Waals surface area contributed by atoms with Gasteiger partial charge < -0.3 is 24.6 Å². The molecule has 1 amide bonds. The third kappa shape index (κ3) is 7.95. The van der Waals surface area contributed by atoms with Crippen LogP contribution < -0.4 is 15.4 Å². The van der Waals surface area contributed by atoms with Crippen molar-refractivity contribution in [2.45, 2.75) is 52.3 Å². The summed E-state index contributed by atoms with van der Waals surface area (Å²) in [4.78, 5) is 12.9. The fourth-order valence-corrected chi connectivity index (χ4v) is 4.68. The molecule has 7 nitrogen and oxygen atoms in total. The quantitative estimate of drug-likeness (QED) is 0.271. The van der Waals surface area contributed by atoms with Gasteiger partial charge in [-0.15, -0.1) is 13.2 Å². The van der Waals surface area contributed by atoms with Gasteiger partial charge in [0.25, 0.3) is 0 Å². The Morgan fingerprint density at radius 2 is 1.87 bits per heavy atom. The molecule has 210 valence electrons. The summed E-state index contributed by atoms with van der Waals surface area (Å²) in [5.74, 6) is -1.14. The second-order valence-electron chi connectivity index (χ2n) is 9.59. The Morgan fingerprint density at radius 1 is 1.10 bits per heavy atom. The number of aryl methyl sites for hydroxylation is 3. The summed E-state index contributed by atoms with van der Waals surface area (Å²) in [7, 11) is 0. The Hall–Kier alpha value is -3.60. The molecule has 2 heterocycles. The molecule has 0 radical (unpaired) electrons. The highest BCUT2D eigenvalue weighted by molar-refractivity contribution is 5.95. The lowest BCUT2D eigenvalue weighted by Crippen LogP contribution is -2.19. The number of alkyl halides is 3. The number of hydrogen-bond acceptors (Lipinski definition) is 6. The Balaban J connectivity index is 1.44. The van der Waals surface area contributed by atoms with Crippen molar-refractivity contribution < 1.29 is 36.4 Å². The molecule has 1 fully saturated rings. The van der Waals surface area contributed by atoms with Crippen molar-refractivity contribution >= 4 is 17.3 Å². The summed E-state index contributed by atoms with van der Waals surface area (Å²) in [5.41, 5.74) is 4.10. The van der Waals surface area contributed by atoms with Crippen LogP contribution in [-0.2, 0) is 16.0 Å². The molecule has 0 aliphatic carbocycles. The Bertz CT molecular complexity index is 1270. The number of carbonyl (C=O) groups excluding carboxylic acids is 1. The molecule has 2 N–H and O–H groups in total. The lowest BCUT2D eigenvalue weighted by Gasteiger charge is -2.22. The largest absolute Gasteiger partial charge is 0.573 e. The second kappa shape index (κ2) is 12.5. The van der Waals surface area contributed by atoms with Crippen LogP contribution in [0.4, 0.5) is 28.9 Å². The molecule has 0 saturated carbocycles. The first-order chi connectivity index (χ1) is 18.6. The van der Waals surface area contributed by atoms with E-state index in [0.717, 1.165) is 73.7 Å². The number of benzene rings is 2. The van der Waals surface area contributed by atoms with E-state index in [1.165, 1.54) is 6.07 Å². The summed E-state index contributed by atoms with van der Waals surface area (Å²) in [5, 5.41) is 10.4. The average molecular weight is 550 g/mol. The van der Waals surface area contributed by atoms with Gasteiger partial charge in [0.1, 0.15) is 5.76 Å². The maximum absolute atomic E-state index is 14.0. The predicted molar refractivity (Wildman–Crippen MR) is 138 cm³/mol. The number of halogens is 4. The van der Waals surface area contributed by atoms with E-state index in [0.29, 0.717) is 22.9 Å². The monoisotopic (exact) mass is 549 g/mol. The van der Waals surface area contributed by atoms with Crippen molar-refractivity contribution in [3.05, 3.63) is 59.2 Å². The smallest absolute Gasteiger partial charge is 0.403 e. The van der Waals surface area contributed by atoms with Gasteiger partial charge in [-0.25, -0.2) is 4.39 Å². The third-order valence-corrected chi connectivity index (χ3v) is 6.69. The minimum Gasteiger partial charge on any atom is -0.403 e. The number of anilines is 2. The van der Waals surface area contributed by atoms with Crippen molar-refractivity contribution in [2.24, 2.45) is 5.92 Å². The molecule has 1 aromatic heterocycles. The summed E-state index contributed by atoms with van der Waals surface area (Å²) >= 11 is 0. The zero-order valence-electron chi connectivity index (χ0n) is 21.8. The van der Waals surface area contributed by atoms with Crippen LogP contribution in [0, 0.1) is 25.6 Å². The fourth-order valence-electron chi connectivity index (χ4n) is 4.68. The van der Waals surface area contributed by atoms with Crippen molar-refractivity contribution in [3.8, 4) is 16.9 Å². The molecular formula is C28H31F4N3O4. The number of ether oxygens (including phenoxy) is 2. The predicted octanol–water partition coefficient (Wildman–Crippen LogP) is 6.80. The van der Waals surface area contributed by atoms with Crippen LogP contribution in [0.3, 0.4) is 0 Å². The molecular weight excluding hydrogens is 518 g/mol. The van der Waals surface area contributed by atoms with Gasteiger partial charge in [-0.3, -0.25) is 4.79 Å². The van der Waals surface area contributed by atoms with E-state index in [4.69, 9.17) is 9.26 Å². The average Bonchev–Trinajstić information content (AvgIpc) is 3.22. The molecule has 1 aliphatic heterocycles. The third-order valence-electron chi connectivity index (χ3n) is 6.69. The SMILES string of the molecule is Cc1noc(C)c1-c1ccc(NCCC2CCOCC2)c(NC(=O)CCc2ccc(OC(F)(F)F)c(F)c2)c1. The Morgan fingerprint density at radius 3 is 2.54 bits per heavy atom. The molecule has 0 spiro atoms. The van der Waals surface area contributed by atoms with Crippen LogP contribution in [0.15, 0.2) is 40.9 Å². The van der Waals surface area contributed by atoms with Crippen molar-refractivity contribution in [1.82, 2.24) is 5.16 Å². The summed E-state index contributed by atoms with van der Waals surface area (Å²) < 4.78 is 65.6. The van der Waals surface area contributed by atoms with Crippen LogP contribution in [0.2, 0.25) is 0 Å². The van der Waals surface area contributed by atoms with E-state index < -0.39 is 17.9 Å². The maximum atomic E-state index is 14.0. The van der Waals surface area contributed by atoms with E-state index in [1.807, 2.05) is 32.0 Å². The van der Waals surface area contributed by atoms with Gasteiger partial charge in [0.2, 0.25) is 5.91 Å². The van der Waals surface area contributed by atoms with Gasteiger partial charge in [0.05, 0.1) is 17.1 Å². The normalized spacial score (nSPS) is 14.3. The molecule has 3 aromatic rings. The molecule has 1 aliphatic rings. The summed E-state index contributed by atoms with van der Waals surface area (Å²) in [6.07, 6.45) is -1.83. The van der Waals surface area contributed by atoms with Crippen molar-refractivity contribution in [1.29, 1.82) is 0 Å². The van der Waals surface area contributed by atoms with E-state index in [2.05, 4.69) is 20.5 Å². The summed E-state index contributed by atoms with van der Waals surface area (Å²) in [6, 6.07) is 8.84. The lowest BCUT2D eigenvalue weighted by atomic mass is 9.96. The van der Waals surface area contributed by atoms with Crippen molar-refractivity contribution in [2.75, 3.05) is 30.4 Å². The first kappa shape index (κ1) is 28.4. The Labute approximate surface area is 223 Å². The number of rotatable bonds is 10. The van der Waals surface area contributed by atoms with Gasteiger partial charge in [0.15, 0.2) is 11.6 Å². The zero-order valence-corrected chi connectivity index (χ0v) is 21.8. The van der Waals surface area contributed by atoms with E-state index in [9.17, 15) is 22.4 Å². The minimum atomic E-state index is -4.99. The molecule has 2 aromatic carbocycles. The topological polar surface area (TPSA) is 85.6 Å². The van der Waals surface area contributed by atoms with Gasteiger partial charge in [-0.2, -0.15) is 0 Å². The van der Waals surface area contributed by atoms with Gasteiger partial charge in [0, 0.05) is 31.7 Å². The molecule has 1 saturated heterocycles. The number of amides is 1. The van der Waals surface area contributed by atoms with E-state index in [1.54, 1.807) is 0 Å². The molecule has 11 heteroatoms. The minimum absolute atomic E-state index is 0.00399. The van der Waals surface area contributed by atoms with Crippen LogP contribution >= 0.6 is 0 Å². The standard InChI is InChI=1S/C28H31F4N3O4/c1-17-27(18(2)39-35-17)21-5-6-23(33-12-9-19-10-13-37-14-11-19)24(16-21)34-26(36)8-4-20-3-7-25(22(29)15-20)38-28(30,31)32/h3,5-7,15-16,19,33H,4,8-14H2,1-2H3,(H,34,36). The van der Waals surface area contributed by atoms with Gasteiger partial charge >= 0.3 is 6.36 Å². The molecule has 39 heavy (non-hydrogen) atoms. The van der Waals surface area contributed by atoms with Gasteiger partial charge in [-0.05, 0) is 80.8 Å². The number of hydrogen-bond donors (Lipinski definition) is 2. The first-order valence-electron chi connectivity index (χ1n) is 12.8. The van der Waals surface area contributed by atoms with Crippen LogP contribution in [0.1, 0.15) is 42.7 Å². The highest BCUT2D eigenvalue weighted by Gasteiger charge is 2.32. The summed E-state index contributed by atoms with van der Waals surface area (Å²) in [6.45, 7) is 5.94. The first-order valence-corrected chi connectivity index (χ1v) is 12.8. The van der Waals surface area contributed by atoms with Crippen LogP contribution in [-0.4, -0.2) is 37.2 Å². The molecule has 0 bridgehead atoms. The molecule has 0 atom stereocenters. The molecule has 0 unspecified atom stereocenters.